The fraction of sp³-hybridized carbons (Fsp3) is 0.571. The summed E-state index contributed by atoms with van der Waals surface area (Å²) >= 11 is 0. The first kappa shape index (κ1) is 18.3. The van der Waals surface area contributed by atoms with Crippen LogP contribution in [0.2, 0.25) is 0 Å². The van der Waals surface area contributed by atoms with Crippen molar-refractivity contribution in [2.45, 2.75) is 50.7 Å². The number of hydrogen-bond acceptors (Lipinski definition) is 3. The minimum Gasteiger partial charge on any atom is -0.497 e. The molecule has 0 spiro atoms. The second-order valence-electron chi connectivity index (χ2n) is 7.94. The maximum atomic E-state index is 14.5. The summed E-state index contributed by atoms with van der Waals surface area (Å²) < 4.78 is 22.2. The van der Waals surface area contributed by atoms with E-state index in [0.717, 1.165) is 29.4 Å². The molecule has 5 nitrogen and oxygen atoms in total. The van der Waals surface area contributed by atoms with Gasteiger partial charge in [-0.15, -0.1) is 0 Å². The van der Waals surface area contributed by atoms with Gasteiger partial charge >= 0.3 is 0 Å². The summed E-state index contributed by atoms with van der Waals surface area (Å²) in [6.07, 6.45) is 4.82. The highest BCUT2D eigenvalue weighted by Crippen LogP contribution is 2.39. The molecule has 2 fully saturated rings. The lowest BCUT2D eigenvalue weighted by Crippen LogP contribution is -2.35. The monoisotopic (exact) mass is 374 g/mol. The Morgan fingerprint density at radius 2 is 2.11 bits per heavy atom. The number of fused-ring (bicyclic) bond motifs is 1. The second-order valence-corrected chi connectivity index (χ2v) is 7.94. The molecular weight excluding hydrogens is 347 g/mol. The number of amides is 1. The van der Waals surface area contributed by atoms with Gasteiger partial charge in [0.15, 0.2) is 5.67 Å². The van der Waals surface area contributed by atoms with Gasteiger partial charge in [0.25, 0.3) is 5.91 Å². The molecule has 1 unspecified atom stereocenters. The lowest BCUT2D eigenvalue weighted by atomic mass is 10.1. The average Bonchev–Trinajstić information content (AvgIpc) is 3.38. The number of rotatable bonds is 4. The largest absolute Gasteiger partial charge is 0.497 e. The number of aliphatic hydroxyl groups is 1. The third-order valence-corrected chi connectivity index (χ3v) is 6.23. The van der Waals surface area contributed by atoms with Crippen LogP contribution in [-0.2, 0) is 0 Å². The average molecular weight is 374 g/mol. The molecule has 1 saturated heterocycles. The summed E-state index contributed by atoms with van der Waals surface area (Å²) in [5, 5.41) is 10.2. The number of hydrogen-bond donors (Lipinski definition) is 1. The van der Waals surface area contributed by atoms with Gasteiger partial charge < -0.3 is 19.3 Å². The quantitative estimate of drug-likeness (QED) is 0.889. The molecule has 2 aromatic rings. The van der Waals surface area contributed by atoms with Crippen LogP contribution in [0.4, 0.5) is 4.39 Å². The van der Waals surface area contributed by atoms with E-state index in [9.17, 15) is 14.3 Å². The number of benzene rings is 1. The van der Waals surface area contributed by atoms with Crippen LogP contribution < -0.4 is 4.74 Å². The van der Waals surface area contributed by atoms with E-state index in [1.54, 1.807) is 7.11 Å². The first-order valence-electron chi connectivity index (χ1n) is 9.75. The molecule has 1 aromatic carbocycles. The normalized spacial score (nSPS) is 23.5. The molecule has 1 aromatic heterocycles. The van der Waals surface area contributed by atoms with Crippen LogP contribution >= 0.6 is 0 Å². The molecule has 1 saturated carbocycles. The van der Waals surface area contributed by atoms with Gasteiger partial charge in [-0.1, -0.05) is 12.8 Å². The molecule has 1 N–H and O–H groups in total. The van der Waals surface area contributed by atoms with Crippen molar-refractivity contribution in [1.29, 1.82) is 0 Å². The Kier molecular flexibility index (Phi) is 4.62. The number of carbonyl (C=O) groups is 1. The van der Waals surface area contributed by atoms with E-state index in [-0.39, 0.29) is 18.9 Å². The minimum absolute atomic E-state index is 0.0537. The second kappa shape index (κ2) is 6.82. The standard InChI is InChI=1S/C21H27FN2O3/c1-14-19(20(26)23-10-9-21(22,12-23)13-25)17-11-16(27-2)7-8-18(17)24(14)15-5-3-4-6-15/h7-8,11,15,25H,3-6,9-10,12-13H2,1-2H3. The summed E-state index contributed by atoms with van der Waals surface area (Å²) in [4.78, 5) is 14.9. The Morgan fingerprint density at radius 3 is 2.74 bits per heavy atom. The number of aliphatic hydroxyl groups excluding tert-OH is 1. The van der Waals surface area contributed by atoms with Gasteiger partial charge in [0.2, 0.25) is 0 Å². The summed E-state index contributed by atoms with van der Waals surface area (Å²) in [7, 11) is 1.61. The Labute approximate surface area is 158 Å². The van der Waals surface area contributed by atoms with Gasteiger partial charge in [0, 0.05) is 35.6 Å². The van der Waals surface area contributed by atoms with Gasteiger partial charge in [0.1, 0.15) is 5.75 Å². The van der Waals surface area contributed by atoms with Crippen LogP contribution in [0, 0.1) is 6.92 Å². The van der Waals surface area contributed by atoms with Crippen LogP contribution in [0.15, 0.2) is 18.2 Å². The molecule has 27 heavy (non-hydrogen) atoms. The number of methoxy groups -OCH3 is 1. The smallest absolute Gasteiger partial charge is 0.256 e. The highest BCUT2D eigenvalue weighted by Gasteiger charge is 2.41. The van der Waals surface area contributed by atoms with Gasteiger partial charge in [0.05, 0.1) is 25.8 Å². The highest BCUT2D eigenvalue weighted by atomic mass is 19.1. The third kappa shape index (κ3) is 3.00. The maximum Gasteiger partial charge on any atom is 0.256 e. The molecule has 0 radical (unpaired) electrons. The fourth-order valence-corrected chi connectivity index (χ4v) is 4.75. The SMILES string of the molecule is COc1ccc2c(c1)c(C(=O)N1CCC(F)(CO)C1)c(C)n2C1CCCC1. The predicted octanol–water partition coefficient (Wildman–Crippen LogP) is 3.62. The zero-order chi connectivity index (χ0) is 19.2. The number of aromatic nitrogens is 1. The molecule has 2 heterocycles. The molecule has 1 aliphatic carbocycles. The molecule has 1 amide bonds. The lowest BCUT2D eigenvalue weighted by Gasteiger charge is -2.20. The first-order valence-corrected chi connectivity index (χ1v) is 9.75. The third-order valence-electron chi connectivity index (χ3n) is 6.23. The van der Waals surface area contributed by atoms with Crippen LogP contribution in [-0.4, -0.2) is 53.0 Å². The number of likely N-dealkylation sites (tertiary alicyclic amines) is 1. The van der Waals surface area contributed by atoms with E-state index >= 15 is 0 Å². The van der Waals surface area contributed by atoms with Crippen LogP contribution in [0.5, 0.6) is 5.75 Å². The summed E-state index contributed by atoms with van der Waals surface area (Å²) in [6.45, 7) is 1.72. The van der Waals surface area contributed by atoms with Crippen LogP contribution in [0.25, 0.3) is 10.9 Å². The van der Waals surface area contributed by atoms with Crippen molar-refractivity contribution in [1.82, 2.24) is 9.47 Å². The Bertz CT molecular complexity index is 872. The number of nitrogens with zero attached hydrogens (tertiary/aromatic N) is 2. The molecule has 1 aliphatic heterocycles. The number of ether oxygens (including phenoxy) is 1. The van der Waals surface area contributed by atoms with E-state index in [0.29, 0.717) is 23.9 Å². The van der Waals surface area contributed by atoms with E-state index < -0.39 is 12.3 Å². The lowest BCUT2D eigenvalue weighted by molar-refractivity contribution is 0.0631. The van der Waals surface area contributed by atoms with Crippen LogP contribution in [0.3, 0.4) is 0 Å². The molecule has 146 valence electrons. The van der Waals surface area contributed by atoms with Crippen molar-refractivity contribution < 1.29 is 19.0 Å². The first-order chi connectivity index (χ1) is 13.0. The van der Waals surface area contributed by atoms with E-state index in [1.165, 1.54) is 17.7 Å². The van der Waals surface area contributed by atoms with Crippen molar-refractivity contribution in [2.24, 2.45) is 0 Å². The van der Waals surface area contributed by atoms with Crippen LogP contribution in [0.1, 0.15) is 54.2 Å². The molecule has 2 aliphatic rings. The molecular formula is C21H27FN2O3. The summed E-state index contributed by atoms with van der Waals surface area (Å²) in [6, 6.07) is 6.26. The van der Waals surface area contributed by atoms with E-state index in [1.807, 2.05) is 25.1 Å². The predicted molar refractivity (Wildman–Crippen MR) is 102 cm³/mol. The maximum absolute atomic E-state index is 14.5. The topological polar surface area (TPSA) is 54.7 Å². The number of carbonyl (C=O) groups excluding carboxylic acids is 1. The zero-order valence-corrected chi connectivity index (χ0v) is 16.0. The van der Waals surface area contributed by atoms with Crippen molar-refractivity contribution in [3.8, 4) is 5.75 Å². The fourth-order valence-electron chi connectivity index (χ4n) is 4.75. The van der Waals surface area contributed by atoms with Crippen molar-refractivity contribution >= 4 is 16.8 Å². The van der Waals surface area contributed by atoms with Crippen molar-refractivity contribution in [3.63, 3.8) is 0 Å². The molecule has 4 rings (SSSR count). The summed E-state index contributed by atoms with van der Waals surface area (Å²) in [5.41, 5.74) is 0.926. The zero-order valence-electron chi connectivity index (χ0n) is 16.0. The Hall–Kier alpha value is -2.08. The Balaban J connectivity index is 1.81. The highest BCUT2D eigenvalue weighted by molar-refractivity contribution is 6.09. The molecule has 0 bridgehead atoms. The van der Waals surface area contributed by atoms with Gasteiger partial charge in [-0.3, -0.25) is 4.79 Å². The van der Waals surface area contributed by atoms with Gasteiger partial charge in [-0.2, -0.15) is 0 Å². The van der Waals surface area contributed by atoms with Crippen molar-refractivity contribution in [3.05, 3.63) is 29.5 Å². The van der Waals surface area contributed by atoms with Crippen molar-refractivity contribution in [2.75, 3.05) is 26.8 Å². The molecule has 6 heteroatoms. The van der Waals surface area contributed by atoms with E-state index in [2.05, 4.69) is 4.57 Å². The molecule has 1 atom stereocenters. The Morgan fingerprint density at radius 1 is 1.37 bits per heavy atom. The minimum atomic E-state index is -1.69. The van der Waals surface area contributed by atoms with E-state index in [4.69, 9.17) is 4.74 Å². The van der Waals surface area contributed by atoms with Gasteiger partial charge in [-0.05, 0) is 38.0 Å². The summed E-state index contributed by atoms with van der Waals surface area (Å²) in [5.74, 6) is 0.548. The van der Waals surface area contributed by atoms with Gasteiger partial charge in [-0.25, -0.2) is 4.39 Å². The number of alkyl halides is 1. The number of halogens is 1.